The first-order valence-electron chi connectivity index (χ1n) is 7.08. The summed E-state index contributed by atoms with van der Waals surface area (Å²) in [6.07, 6.45) is 1.92. The lowest BCUT2D eigenvalue weighted by atomic mass is 10.0. The number of nitrogens with zero attached hydrogens (tertiary/aromatic N) is 1. The van der Waals surface area contributed by atoms with Crippen molar-refractivity contribution < 1.29 is 0 Å². The fraction of sp³-hybridized carbons (Fsp3) is 0.0500. The highest BCUT2D eigenvalue weighted by Gasteiger charge is 2.02. The summed E-state index contributed by atoms with van der Waals surface area (Å²) in [5, 5.41) is 0. The third-order valence-corrected chi connectivity index (χ3v) is 3.42. The predicted octanol–water partition coefficient (Wildman–Crippen LogP) is 5.41. The average Bonchev–Trinajstić information content (AvgIpc) is 2.55. The fourth-order valence-electron chi connectivity index (χ4n) is 2.24. The van der Waals surface area contributed by atoms with Crippen LogP contribution < -0.4 is 0 Å². The lowest BCUT2D eigenvalue weighted by molar-refractivity contribution is 1.46. The van der Waals surface area contributed by atoms with E-state index in [1.165, 1.54) is 11.1 Å². The molecule has 3 aromatic carbocycles. The van der Waals surface area contributed by atoms with Gasteiger partial charge in [-0.1, -0.05) is 78.4 Å². The van der Waals surface area contributed by atoms with Gasteiger partial charge in [0, 0.05) is 11.8 Å². The van der Waals surface area contributed by atoms with E-state index in [0.717, 1.165) is 16.8 Å². The van der Waals surface area contributed by atoms with Gasteiger partial charge >= 0.3 is 0 Å². The molecule has 1 nitrogen and oxygen atoms in total. The summed E-state index contributed by atoms with van der Waals surface area (Å²) in [5.74, 6) is 0. The average molecular weight is 271 g/mol. The maximum absolute atomic E-state index is 4.66. The minimum absolute atomic E-state index is 0.990. The van der Waals surface area contributed by atoms with E-state index in [0.29, 0.717) is 0 Å². The zero-order valence-electron chi connectivity index (χ0n) is 12.0. The Morgan fingerprint density at radius 1 is 0.714 bits per heavy atom. The van der Waals surface area contributed by atoms with E-state index in [1.54, 1.807) is 0 Å². The second-order valence-electron chi connectivity index (χ2n) is 5.05. The highest BCUT2D eigenvalue weighted by Crippen LogP contribution is 2.29. The molecule has 0 aliphatic carbocycles. The third-order valence-electron chi connectivity index (χ3n) is 3.42. The Bertz CT molecular complexity index is 740. The summed E-state index contributed by atoms with van der Waals surface area (Å²) >= 11 is 0. The molecule has 0 amide bonds. The topological polar surface area (TPSA) is 12.4 Å². The molecule has 0 heterocycles. The van der Waals surface area contributed by atoms with Crippen molar-refractivity contribution in [1.29, 1.82) is 0 Å². The number of aryl methyl sites for hydroxylation is 1. The Kier molecular flexibility index (Phi) is 3.92. The smallest absolute Gasteiger partial charge is 0.0708 e. The minimum atomic E-state index is 0.990. The van der Waals surface area contributed by atoms with Gasteiger partial charge in [-0.25, -0.2) is 0 Å². The van der Waals surface area contributed by atoms with Crippen molar-refractivity contribution in [2.75, 3.05) is 0 Å². The lowest BCUT2D eigenvalue weighted by Gasteiger charge is -2.05. The van der Waals surface area contributed by atoms with Gasteiger partial charge in [-0.3, -0.25) is 4.99 Å². The van der Waals surface area contributed by atoms with Gasteiger partial charge in [-0.05, 0) is 24.1 Å². The Balaban J connectivity index is 1.94. The minimum Gasteiger partial charge on any atom is -0.256 e. The second-order valence-corrected chi connectivity index (χ2v) is 5.05. The van der Waals surface area contributed by atoms with Crippen LogP contribution >= 0.6 is 0 Å². The highest BCUT2D eigenvalue weighted by atomic mass is 14.7. The molecule has 0 unspecified atom stereocenters. The molecule has 0 aliphatic rings. The van der Waals surface area contributed by atoms with Gasteiger partial charge in [-0.15, -0.1) is 0 Å². The summed E-state index contributed by atoms with van der Waals surface area (Å²) in [7, 11) is 0. The molecule has 0 N–H and O–H groups in total. The van der Waals surface area contributed by atoms with Crippen LogP contribution in [0.4, 0.5) is 5.69 Å². The number of para-hydroxylation sites is 1. The SMILES string of the molecule is Cc1ccc(C=Nc2ccccc2-c2ccccc2)cc1. The van der Waals surface area contributed by atoms with Crippen LogP contribution in [-0.2, 0) is 0 Å². The predicted molar refractivity (Wildman–Crippen MR) is 90.3 cm³/mol. The van der Waals surface area contributed by atoms with Gasteiger partial charge in [0.15, 0.2) is 0 Å². The largest absolute Gasteiger partial charge is 0.256 e. The summed E-state index contributed by atoms with van der Waals surface area (Å²) in [6, 6.07) is 27.0. The molecule has 0 spiro atoms. The molecule has 0 bridgehead atoms. The molecule has 1 heteroatoms. The molecule has 0 aliphatic heterocycles. The zero-order valence-corrected chi connectivity index (χ0v) is 12.0. The van der Waals surface area contributed by atoms with E-state index in [-0.39, 0.29) is 0 Å². The van der Waals surface area contributed by atoms with Crippen molar-refractivity contribution in [3.63, 3.8) is 0 Å². The third kappa shape index (κ3) is 3.26. The van der Waals surface area contributed by atoms with E-state index in [9.17, 15) is 0 Å². The Morgan fingerprint density at radius 3 is 2.14 bits per heavy atom. The number of rotatable bonds is 3. The molecular formula is C20H17N. The van der Waals surface area contributed by atoms with E-state index in [1.807, 2.05) is 30.5 Å². The standard InChI is InChI=1S/C20H17N/c1-16-11-13-17(14-12-16)15-21-20-10-6-5-9-19(20)18-7-3-2-4-8-18/h2-15H,1H3. The van der Waals surface area contributed by atoms with Crippen molar-refractivity contribution in [3.8, 4) is 11.1 Å². The fourth-order valence-corrected chi connectivity index (χ4v) is 2.24. The molecule has 0 atom stereocenters. The summed E-state index contributed by atoms with van der Waals surface area (Å²) < 4.78 is 0. The Hall–Kier alpha value is -2.67. The monoisotopic (exact) mass is 271 g/mol. The van der Waals surface area contributed by atoms with Crippen LogP contribution in [0.5, 0.6) is 0 Å². The molecule has 0 fully saturated rings. The normalized spacial score (nSPS) is 10.9. The van der Waals surface area contributed by atoms with Gasteiger partial charge < -0.3 is 0 Å². The van der Waals surface area contributed by atoms with Crippen molar-refractivity contribution >= 4 is 11.9 Å². The molecule has 0 saturated carbocycles. The van der Waals surface area contributed by atoms with Gasteiger partial charge in [0.2, 0.25) is 0 Å². The quantitative estimate of drug-likeness (QED) is 0.564. The van der Waals surface area contributed by atoms with Gasteiger partial charge in [0.25, 0.3) is 0 Å². The van der Waals surface area contributed by atoms with Crippen molar-refractivity contribution in [2.45, 2.75) is 6.92 Å². The van der Waals surface area contributed by atoms with Crippen LogP contribution in [0.2, 0.25) is 0 Å². The molecule has 102 valence electrons. The van der Waals surface area contributed by atoms with Crippen LogP contribution in [0.15, 0.2) is 83.9 Å². The van der Waals surface area contributed by atoms with Gasteiger partial charge in [0.05, 0.1) is 5.69 Å². The van der Waals surface area contributed by atoms with Crippen molar-refractivity contribution in [3.05, 3.63) is 90.0 Å². The van der Waals surface area contributed by atoms with Gasteiger partial charge in [-0.2, -0.15) is 0 Å². The summed E-state index contributed by atoms with van der Waals surface area (Å²) in [5.41, 5.74) is 5.71. The number of benzene rings is 3. The van der Waals surface area contributed by atoms with Crippen LogP contribution in [0.25, 0.3) is 11.1 Å². The van der Waals surface area contributed by atoms with E-state index >= 15 is 0 Å². The van der Waals surface area contributed by atoms with E-state index in [4.69, 9.17) is 0 Å². The maximum Gasteiger partial charge on any atom is 0.0708 e. The molecule has 0 saturated heterocycles. The highest BCUT2D eigenvalue weighted by molar-refractivity contribution is 5.85. The first kappa shape index (κ1) is 13.3. The molecule has 3 aromatic rings. The summed E-state index contributed by atoms with van der Waals surface area (Å²) in [6.45, 7) is 2.09. The molecule has 0 radical (unpaired) electrons. The van der Waals surface area contributed by atoms with Crippen molar-refractivity contribution in [1.82, 2.24) is 0 Å². The Morgan fingerprint density at radius 2 is 1.38 bits per heavy atom. The molecule has 3 rings (SSSR count). The number of hydrogen-bond acceptors (Lipinski definition) is 1. The Labute approximate surface area is 125 Å². The number of aliphatic imine (C=N–C) groups is 1. The molecular weight excluding hydrogens is 254 g/mol. The van der Waals surface area contributed by atoms with Crippen LogP contribution in [0.1, 0.15) is 11.1 Å². The van der Waals surface area contributed by atoms with E-state index < -0.39 is 0 Å². The van der Waals surface area contributed by atoms with Crippen LogP contribution in [0.3, 0.4) is 0 Å². The van der Waals surface area contributed by atoms with E-state index in [2.05, 4.69) is 66.5 Å². The van der Waals surface area contributed by atoms with Gasteiger partial charge in [0.1, 0.15) is 0 Å². The van der Waals surface area contributed by atoms with Crippen LogP contribution in [0, 0.1) is 6.92 Å². The number of hydrogen-bond donors (Lipinski definition) is 0. The second kappa shape index (κ2) is 6.19. The summed E-state index contributed by atoms with van der Waals surface area (Å²) in [4.78, 5) is 4.66. The maximum atomic E-state index is 4.66. The van der Waals surface area contributed by atoms with Crippen LogP contribution in [-0.4, -0.2) is 6.21 Å². The van der Waals surface area contributed by atoms with Crippen molar-refractivity contribution in [2.24, 2.45) is 4.99 Å². The molecule has 0 aromatic heterocycles. The first-order chi connectivity index (χ1) is 10.3. The first-order valence-corrected chi connectivity index (χ1v) is 7.08. The molecule has 21 heavy (non-hydrogen) atoms. The zero-order chi connectivity index (χ0) is 14.5. The lowest BCUT2D eigenvalue weighted by Crippen LogP contribution is -1.82.